The maximum atomic E-state index is 4.39. The second-order valence-electron chi connectivity index (χ2n) is 7.55. The molecule has 154 valence electrons. The number of nitrogens with zero attached hydrogens (tertiary/aromatic N) is 1. The Balaban J connectivity index is 0.00000256. The summed E-state index contributed by atoms with van der Waals surface area (Å²) in [4.78, 5) is 7.96. The van der Waals surface area contributed by atoms with Crippen LogP contribution in [-0.4, -0.2) is 24.8 Å². The molecule has 4 heteroatoms. The van der Waals surface area contributed by atoms with E-state index in [-0.39, 0.29) is 12.4 Å². The van der Waals surface area contributed by atoms with Crippen molar-refractivity contribution in [1.29, 1.82) is 0 Å². The van der Waals surface area contributed by atoms with Gasteiger partial charge in [0.15, 0.2) is 0 Å². The minimum absolute atomic E-state index is 0. The van der Waals surface area contributed by atoms with E-state index in [9.17, 15) is 0 Å². The van der Waals surface area contributed by atoms with Crippen molar-refractivity contribution in [2.75, 3.05) is 19.4 Å². The van der Waals surface area contributed by atoms with Crippen molar-refractivity contribution >= 4 is 40.3 Å². The van der Waals surface area contributed by atoms with Gasteiger partial charge in [0, 0.05) is 41.9 Å². The van der Waals surface area contributed by atoms with E-state index in [1.807, 2.05) is 14.1 Å². The molecule has 4 rings (SSSR count). The number of aryl methyl sites for hydroxylation is 2. The molecule has 0 amide bonds. The number of fused-ring (bicyclic) bond motifs is 1. The van der Waals surface area contributed by atoms with Gasteiger partial charge in [0.05, 0.1) is 5.71 Å². The van der Waals surface area contributed by atoms with Crippen molar-refractivity contribution in [2.24, 2.45) is 4.99 Å². The molecule has 30 heavy (non-hydrogen) atoms. The lowest BCUT2D eigenvalue weighted by atomic mass is 9.87. The van der Waals surface area contributed by atoms with E-state index < -0.39 is 0 Å². The number of hydrogen-bond acceptors (Lipinski definition) is 2. The summed E-state index contributed by atoms with van der Waals surface area (Å²) in [6.45, 7) is 6.44. The van der Waals surface area contributed by atoms with Crippen LogP contribution in [0.3, 0.4) is 0 Å². The summed E-state index contributed by atoms with van der Waals surface area (Å²) in [7, 11) is 3.81. The molecule has 0 radical (unpaired) electrons. The second-order valence-corrected chi connectivity index (χ2v) is 7.55. The third-order valence-corrected chi connectivity index (χ3v) is 5.65. The number of para-hydroxylation sites is 1. The maximum absolute atomic E-state index is 4.39. The minimum atomic E-state index is 0. The molecular formula is C26H28ClN3. The molecule has 0 atom stereocenters. The Morgan fingerprint density at radius 2 is 1.77 bits per heavy atom. The largest absolute Gasteiger partial charge is 0.388 e. The summed E-state index contributed by atoms with van der Waals surface area (Å²) in [5, 5.41) is 4.52. The first-order valence-corrected chi connectivity index (χ1v) is 9.97. The van der Waals surface area contributed by atoms with Crippen LogP contribution in [0.4, 0.5) is 5.69 Å². The summed E-state index contributed by atoms with van der Waals surface area (Å²) in [5.74, 6) is 0. The number of benzene rings is 2. The van der Waals surface area contributed by atoms with Crippen LogP contribution in [0.15, 0.2) is 76.8 Å². The van der Waals surface area contributed by atoms with Crippen LogP contribution in [0, 0.1) is 13.8 Å². The lowest BCUT2D eigenvalue weighted by Gasteiger charge is -2.18. The molecule has 2 aromatic carbocycles. The van der Waals surface area contributed by atoms with Gasteiger partial charge in [0.2, 0.25) is 0 Å². The third kappa shape index (κ3) is 3.73. The number of aliphatic imine (C=N–C) groups is 1. The van der Waals surface area contributed by atoms with Crippen LogP contribution in [0.2, 0.25) is 0 Å². The average Bonchev–Trinajstić information content (AvgIpc) is 3.04. The van der Waals surface area contributed by atoms with Gasteiger partial charge in [-0.2, -0.15) is 0 Å². The Morgan fingerprint density at radius 3 is 2.43 bits per heavy atom. The van der Waals surface area contributed by atoms with E-state index in [2.05, 4.69) is 96.8 Å². The summed E-state index contributed by atoms with van der Waals surface area (Å²) in [6, 6.07) is 15.2. The number of allylic oxidation sites excluding steroid dienone is 5. The van der Waals surface area contributed by atoms with Crippen LogP contribution in [0.1, 0.15) is 29.3 Å². The predicted molar refractivity (Wildman–Crippen MR) is 133 cm³/mol. The van der Waals surface area contributed by atoms with Gasteiger partial charge in [-0.25, -0.2) is 0 Å². The molecule has 2 N–H and O–H groups in total. The molecule has 3 nitrogen and oxygen atoms in total. The molecule has 1 aromatic heterocycles. The number of halogens is 1. The summed E-state index contributed by atoms with van der Waals surface area (Å²) in [6.07, 6.45) is 6.55. The van der Waals surface area contributed by atoms with E-state index in [0.29, 0.717) is 0 Å². The Kier molecular flexibility index (Phi) is 6.33. The normalized spacial score (nSPS) is 16.4. The van der Waals surface area contributed by atoms with Crippen molar-refractivity contribution in [3.63, 3.8) is 0 Å². The van der Waals surface area contributed by atoms with Gasteiger partial charge in [-0.3, -0.25) is 4.99 Å². The molecular weight excluding hydrogens is 390 g/mol. The lowest BCUT2D eigenvalue weighted by Crippen LogP contribution is -2.03. The van der Waals surface area contributed by atoms with Gasteiger partial charge < -0.3 is 10.3 Å². The second kappa shape index (κ2) is 8.76. The van der Waals surface area contributed by atoms with Crippen molar-refractivity contribution in [3.05, 3.63) is 94.2 Å². The molecule has 0 saturated heterocycles. The first kappa shape index (κ1) is 21.7. The van der Waals surface area contributed by atoms with Gasteiger partial charge in [-0.1, -0.05) is 30.3 Å². The van der Waals surface area contributed by atoms with Crippen molar-refractivity contribution in [3.8, 4) is 0 Å². The Morgan fingerprint density at radius 1 is 1.00 bits per heavy atom. The fourth-order valence-corrected chi connectivity index (χ4v) is 4.22. The Labute approximate surface area is 184 Å². The topological polar surface area (TPSA) is 40.2 Å². The highest BCUT2D eigenvalue weighted by molar-refractivity contribution is 6.11. The third-order valence-electron chi connectivity index (χ3n) is 5.65. The molecule has 1 aliphatic carbocycles. The van der Waals surface area contributed by atoms with Crippen LogP contribution in [-0.2, 0) is 0 Å². The smallest absolute Gasteiger partial charge is 0.0600 e. The van der Waals surface area contributed by atoms with E-state index in [4.69, 9.17) is 0 Å². The zero-order valence-electron chi connectivity index (χ0n) is 18.1. The van der Waals surface area contributed by atoms with Crippen LogP contribution in [0.5, 0.6) is 0 Å². The fraction of sp³-hybridized carbons (Fsp3) is 0.192. The number of aromatic nitrogens is 1. The van der Waals surface area contributed by atoms with E-state index >= 15 is 0 Å². The summed E-state index contributed by atoms with van der Waals surface area (Å²) < 4.78 is 0. The van der Waals surface area contributed by atoms with Gasteiger partial charge >= 0.3 is 0 Å². The number of aromatic amines is 1. The van der Waals surface area contributed by atoms with Gasteiger partial charge in [0.25, 0.3) is 0 Å². The monoisotopic (exact) mass is 417 g/mol. The van der Waals surface area contributed by atoms with Crippen molar-refractivity contribution < 1.29 is 0 Å². The minimum Gasteiger partial charge on any atom is -0.388 e. The SMILES string of the molecule is CN=C1C=CC(=C(c2ccc(NC)c(C)c2)c2c(C)[nH]c3ccccc23)C=C1C.Cl. The molecule has 0 bridgehead atoms. The molecule has 0 fully saturated rings. The summed E-state index contributed by atoms with van der Waals surface area (Å²) >= 11 is 0. The highest BCUT2D eigenvalue weighted by Crippen LogP contribution is 2.38. The van der Waals surface area contributed by atoms with E-state index in [0.717, 1.165) is 16.9 Å². The molecule has 0 aliphatic heterocycles. The Bertz CT molecular complexity index is 1220. The van der Waals surface area contributed by atoms with Crippen molar-refractivity contribution in [2.45, 2.75) is 20.8 Å². The zero-order chi connectivity index (χ0) is 20.5. The number of rotatable bonds is 3. The molecule has 0 spiro atoms. The van der Waals surface area contributed by atoms with Gasteiger partial charge in [-0.05, 0) is 79.0 Å². The number of hydrogen-bond donors (Lipinski definition) is 2. The first-order chi connectivity index (χ1) is 14.0. The molecule has 1 aliphatic rings. The fourth-order valence-electron chi connectivity index (χ4n) is 4.22. The van der Waals surface area contributed by atoms with Crippen LogP contribution >= 0.6 is 12.4 Å². The van der Waals surface area contributed by atoms with Gasteiger partial charge in [-0.15, -0.1) is 12.4 Å². The van der Waals surface area contributed by atoms with E-state index in [1.54, 1.807) is 0 Å². The predicted octanol–water partition coefficient (Wildman–Crippen LogP) is 6.64. The maximum Gasteiger partial charge on any atom is 0.0600 e. The lowest BCUT2D eigenvalue weighted by molar-refractivity contribution is 1.28. The Hall–Kier alpha value is -3.04. The van der Waals surface area contributed by atoms with Gasteiger partial charge in [0.1, 0.15) is 0 Å². The highest BCUT2D eigenvalue weighted by Gasteiger charge is 2.19. The molecule has 3 aromatic rings. The summed E-state index contributed by atoms with van der Waals surface area (Å²) in [5.41, 5.74) is 11.9. The van der Waals surface area contributed by atoms with Crippen LogP contribution < -0.4 is 5.32 Å². The molecule has 0 saturated carbocycles. The van der Waals surface area contributed by atoms with Crippen molar-refractivity contribution in [1.82, 2.24) is 4.98 Å². The number of H-pyrrole nitrogens is 1. The average molecular weight is 418 g/mol. The molecule has 1 heterocycles. The quantitative estimate of drug-likeness (QED) is 0.492. The first-order valence-electron chi connectivity index (χ1n) is 9.97. The standard InChI is InChI=1S/C26H27N3.ClH/c1-16-14-19(10-12-22(16)27-4)26(20-11-13-23(28-5)17(2)15-20)25-18(3)29-24-9-7-6-8-21(24)25;/h6-15,27,29H,1-5H3;1H. The van der Waals surface area contributed by atoms with E-state index in [1.165, 1.54) is 44.5 Å². The molecule has 0 unspecified atom stereocenters. The van der Waals surface area contributed by atoms with Crippen LogP contribution in [0.25, 0.3) is 16.5 Å². The highest BCUT2D eigenvalue weighted by atomic mass is 35.5. The number of anilines is 1. The zero-order valence-corrected chi connectivity index (χ0v) is 18.9. The number of nitrogens with one attached hydrogen (secondary N) is 2.